The third kappa shape index (κ3) is 4.16. The topological polar surface area (TPSA) is 97.5 Å². The number of carbonyl (C=O) groups excluding carboxylic acids is 1. The minimum atomic E-state index is -0.667. The predicted molar refractivity (Wildman–Crippen MR) is 122 cm³/mol. The lowest BCUT2D eigenvalue weighted by atomic mass is 9.99. The first-order valence-corrected chi connectivity index (χ1v) is 11.4. The predicted octanol–water partition coefficient (Wildman–Crippen LogP) is 3.24. The fourth-order valence-electron chi connectivity index (χ4n) is 4.21. The van der Waals surface area contributed by atoms with Crippen molar-refractivity contribution in [2.24, 2.45) is 0 Å². The van der Waals surface area contributed by atoms with E-state index in [4.69, 9.17) is 4.74 Å². The first-order chi connectivity index (χ1) is 15.7. The second-order valence-corrected chi connectivity index (χ2v) is 9.41. The van der Waals surface area contributed by atoms with Crippen LogP contribution in [-0.4, -0.2) is 56.5 Å². The molecule has 1 amide bonds. The summed E-state index contributed by atoms with van der Waals surface area (Å²) in [4.78, 5) is 27.9. The van der Waals surface area contributed by atoms with Crippen LogP contribution in [0.2, 0.25) is 0 Å². The number of rotatable bonds is 6. The van der Waals surface area contributed by atoms with E-state index in [0.29, 0.717) is 23.0 Å². The van der Waals surface area contributed by atoms with Gasteiger partial charge in [0.2, 0.25) is 5.43 Å². The Hall–Kier alpha value is -3.11. The van der Waals surface area contributed by atoms with Crippen molar-refractivity contribution in [3.63, 3.8) is 0 Å². The van der Waals surface area contributed by atoms with Crippen LogP contribution >= 0.6 is 11.3 Å². The van der Waals surface area contributed by atoms with Crippen molar-refractivity contribution < 1.29 is 19.0 Å². The van der Waals surface area contributed by atoms with Gasteiger partial charge in [0.15, 0.2) is 16.5 Å². The molecule has 0 aliphatic carbocycles. The Kier molecular flexibility index (Phi) is 6.31. The molecule has 3 heterocycles. The number of hydrogen-bond donors (Lipinski definition) is 1. The van der Waals surface area contributed by atoms with Gasteiger partial charge < -0.3 is 19.3 Å². The van der Waals surface area contributed by atoms with Gasteiger partial charge in [0.1, 0.15) is 10.8 Å². The highest BCUT2D eigenvalue weighted by atomic mass is 32.1. The Morgan fingerprint density at radius 3 is 2.55 bits per heavy atom. The van der Waals surface area contributed by atoms with E-state index in [1.165, 1.54) is 23.5 Å². The van der Waals surface area contributed by atoms with Crippen molar-refractivity contribution in [2.75, 3.05) is 13.7 Å². The average molecular weight is 473 g/mol. The van der Waals surface area contributed by atoms with Gasteiger partial charge in [-0.25, -0.2) is 4.39 Å². The molecular formula is C23H25FN4O4S. The summed E-state index contributed by atoms with van der Waals surface area (Å²) in [6.07, 6.45) is 2.01. The van der Waals surface area contributed by atoms with Gasteiger partial charge in [0, 0.05) is 25.8 Å². The summed E-state index contributed by atoms with van der Waals surface area (Å²) in [6.45, 7) is 6.00. The number of amides is 1. The van der Waals surface area contributed by atoms with Crippen molar-refractivity contribution in [1.82, 2.24) is 19.7 Å². The number of halogens is 1. The molecule has 2 aromatic heterocycles. The highest BCUT2D eigenvalue weighted by molar-refractivity contribution is 7.14. The molecule has 174 valence electrons. The molecule has 1 aliphatic heterocycles. The third-order valence-electron chi connectivity index (χ3n) is 5.86. The van der Waals surface area contributed by atoms with Gasteiger partial charge in [0.05, 0.1) is 24.3 Å². The number of ether oxygens (including phenoxy) is 1. The van der Waals surface area contributed by atoms with Gasteiger partial charge in [-0.15, -0.1) is 10.2 Å². The van der Waals surface area contributed by atoms with Gasteiger partial charge in [-0.1, -0.05) is 23.5 Å². The Bertz CT molecular complexity index is 1240. The summed E-state index contributed by atoms with van der Waals surface area (Å²) in [6, 6.07) is 5.42. The lowest BCUT2D eigenvalue weighted by Crippen LogP contribution is -2.55. The maximum atomic E-state index is 13.2. The number of aromatic hydroxyl groups is 1. The van der Waals surface area contributed by atoms with E-state index in [-0.39, 0.29) is 35.2 Å². The van der Waals surface area contributed by atoms with E-state index in [1.807, 2.05) is 20.8 Å². The molecule has 0 bridgehead atoms. The van der Waals surface area contributed by atoms with Crippen molar-refractivity contribution >= 4 is 17.2 Å². The standard InChI is InChI=1S/C23H25FN4O4S/c1-12(2)28-17(11-32-4)13(3)27-10-16(20(29)21(30)19(27)23(28)31)22-26-25-18(33-22)9-14-5-7-15(24)8-6-14/h5-8,10,12-13,17,30H,9,11H2,1-4H3/t13-,17+/m0/s1. The second kappa shape index (κ2) is 9.03. The van der Waals surface area contributed by atoms with Gasteiger partial charge in [0.25, 0.3) is 5.91 Å². The Morgan fingerprint density at radius 1 is 1.21 bits per heavy atom. The van der Waals surface area contributed by atoms with Crippen molar-refractivity contribution in [3.8, 4) is 16.3 Å². The number of nitrogens with zero attached hydrogens (tertiary/aromatic N) is 4. The fourth-order valence-corrected chi connectivity index (χ4v) is 5.09. The first kappa shape index (κ1) is 23.1. The smallest absolute Gasteiger partial charge is 0.275 e. The minimum Gasteiger partial charge on any atom is -0.503 e. The molecule has 0 unspecified atom stereocenters. The summed E-state index contributed by atoms with van der Waals surface area (Å²) in [5.41, 5.74) is 0.334. The lowest BCUT2D eigenvalue weighted by Gasteiger charge is -2.44. The SMILES string of the molecule is COC[C@@H]1[C@H](C)n2cc(-c3nnc(Cc4ccc(F)cc4)s3)c(=O)c(O)c2C(=O)N1C(C)C. The van der Waals surface area contributed by atoms with Crippen LogP contribution in [0.3, 0.4) is 0 Å². The van der Waals surface area contributed by atoms with Crippen LogP contribution in [-0.2, 0) is 11.2 Å². The number of benzene rings is 1. The van der Waals surface area contributed by atoms with Crippen molar-refractivity contribution in [1.29, 1.82) is 0 Å². The van der Waals surface area contributed by atoms with Crippen LogP contribution in [0.5, 0.6) is 5.75 Å². The molecule has 0 fully saturated rings. The van der Waals surface area contributed by atoms with E-state index < -0.39 is 17.1 Å². The first-order valence-electron chi connectivity index (χ1n) is 10.6. The number of carbonyl (C=O) groups is 1. The molecule has 0 saturated carbocycles. The molecule has 3 aromatic rings. The Labute approximate surface area is 194 Å². The second-order valence-electron chi connectivity index (χ2n) is 8.35. The number of pyridine rings is 1. The van der Waals surface area contributed by atoms with Gasteiger partial charge in [-0.3, -0.25) is 9.59 Å². The average Bonchev–Trinajstić information content (AvgIpc) is 3.23. The number of methoxy groups -OCH3 is 1. The summed E-state index contributed by atoms with van der Waals surface area (Å²) in [5, 5.41) is 20.1. The Morgan fingerprint density at radius 2 is 1.91 bits per heavy atom. The van der Waals surface area contributed by atoms with Crippen LogP contribution in [0.25, 0.3) is 10.6 Å². The molecule has 1 aliphatic rings. The van der Waals surface area contributed by atoms with Crippen LogP contribution < -0.4 is 5.43 Å². The normalized spacial score (nSPS) is 18.1. The molecule has 2 atom stereocenters. The van der Waals surface area contributed by atoms with E-state index >= 15 is 0 Å². The van der Waals surface area contributed by atoms with Crippen molar-refractivity contribution in [3.05, 3.63) is 62.8 Å². The zero-order chi connectivity index (χ0) is 23.9. The van der Waals surface area contributed by atoms with Gasteiger partial charge in [-0.2, -0.15) is 0 Å². The largest absolute Gasteiger partial charge is 0.503 e. The molecule has 0 spiro atoms. The maximum absolute atomic E-state index is 13.2. The third-order valence-corrected chi connectivity index (χ3v) is 6.82. The van der Waals surface area contributed by atoms with Gasteiger partial charge in [-0.05, 0) is 38.5 Å². The zero-order valence-corrected chi connectivity index (χ0v) is 19.6. The maximum Gasteiger partial charge on any atom is 0.275 e. The van der Waals surface area contributed by atoms with E-state index in [1.54, 1.807) is 34.9 Å². The zero-order valence-electron chi connectivity index (χ0n) is 18.8. The summed E-state index contributed by atoms with van der Waals surface area (Å²) >= 11 is 1.22. The van der Waals surface area contributed by atoms with Crippen LogP contribution in [0.4, 0.5) is 4.39 Å². The van der Waals surface area contributed by atoms with Crippen LogP contribution in [0, 0.1) is 5.82 Å². The summed E-state index contributed by atoms with van der Waals surface area (Å²) < 4.78 is 20.1. The molecule has 1 N–H and O–H groups in total. The molecule has 10 heteroatoms. The molecular weight excluding hydrogens is 447 g/mol. The van der Waals surface area contributed by atoms with E-state index in [2.05, 4.69) is 10.2 Å². The Balaban J connectivity index is 1.75. The molecule has 0 radical (unpaired) electrons. The highest BCUT2D eigenvalue weighted by Gasteiger charge is 2.41. The van der Waals surface area contributed by atoms with Crippen LogP contribution in [0.15, 0.2) is 35.3 Å². The minimum absolute atomic E-state index is 0.0339. The molecule has 1 aromatic carbocycles. The number of fused-ring (bicyclic) bond motifs is 1. The highest BCUT2D eigenvalue weighted by Crippen LogP contribution is 2.34. The quantitative estimate of drug-likeness (QED) is 0.592. The monoisotopic (exact) mass is 472 g/mol. The van der Waals surface area contributed by atoms with E-state index in [0.717, 1.165) is 5.56 Å². The summed E-state index contributed by atoms with van der Waals surface area (Å²) in [7, 11) is 1.57. The number of hydrogen-bond acceptors (Lipinski definition) is 7. The molecule has 33 heavy (non-hydrogen) atoms. The molecule has 4 rings (SSSR count). The van der Waals surface area contributed by atoms with E-state index in [9.17, 15) is 19.1 Å². The molecule has 0 saturated heterocycles. The molecule has 8 nitrogen and oxygen atoms in total. The summed E-state index contributed by atoms with van der Waals surface area (Å²) in [5.74, 6) is -1.33. The lowest BCUT2D eigenvalue weighted by molar-refractivity contribution is 0.0206. The van der Waals surface area contributed by atoms with Crippen molar-refractivity contribution in [2.45, 2.75) is 45.3 Å². The van der Waals surface area contributed by atoms with Crippen LogP contribution in [0.1, 0.15) is 47.9 Å². The fraction of sp³-hybridized carbons (Fsp3) is 0.391. The van der Waals surface area contributed by atoms with Gasteiger partial charge >= 0.3 is 0 Å². The number of aromatic nitrogens is 3.